The molecular formula is C8H11N3O. The molecule has 0 aromatic carbocycles. The highest BCUT2D eigenvalue weighted by atomic mass is 16.1. The molecule has 0 amide bonds. The predicted octanol–water partition coefficient (Wildman–Crippen LogP) is 0.579. The summed E-state index contributed by atoms with van der Waals surface area (Å²) in [5.41, 5.74) is 0. The summed E-state index contributed by atoms with van der Waals surface area (Å²) < 4.78 is 0. The molecule has 1 aliphatic rings. The van der Waals surface area contributed by atoms with Crippen molar-refractivity contribution < 1.29 is 4.79 Å². The smallest absolute Gasteiger partial charge is 0.202 e. The molecule has 1 saturated heterocycles. The van der Waals surface area contributed by atoms with Gasteiger partial charge in [0.05, 0.1) is 0 Å². The fourth-order valence-electron chi connectivity index (χ4n) is 1.40. The first-order valence-corrected chi connectivity index (χ1v) is 4.12. The standard InChI is InChI=1S/C8H11N3O/c12-7-1-5-11(6-2-7)8-9-3-4-10-8/h3-4H,1-2,5-6H2,(H,9,10). The number of piperidine rings is 1. The fourth-order valence-corrected chi connectivity index (χ4v) is 1.40. The van der Waals surface area contributed by atoms with Crippen molar-refractivity contribution in [1.29, 1.82) is 0 Å². The molecule has 0 radical (unpaired) electrons. The van der Waals surface area contributed by atoms with Crippen LogP contribution in [0.2, 0.25) is 0 Å². The zero-order valence-electron chi connectivity index (χ0n) is 6.79. The van der Waals surface area contributed by atoms with Crippen molar-refractivity contribution in [3.05, 3.63) is 12.4 Å². The number of H-pyrrole nitrogens is 1. The number of aromatic amines is 1. The number of anilines is 1. The SMILES string of the molecule is O=C1CCN(c2ncc[nH]2)CC1. The Balaban J connectivity index is 2.03. The number of aromatic nitrogens is 2. The molecular weight excluding hydrogens is 154 g/mol. The molecule has 1 N–H and O–H groups in total. The van der Waals surface area contributed by atoms with Gasteiger partial charge in [-0.3, -0.25) is 4.79 Å². The first-order valence-electron chi connectivity index (χ1n) is 4.12. The van der Waals surface area contributed by atoms with Crippen molar-refractivity contribution in [1.82, 2.24) is 9.97 Å². The number of nitrogens with one attached hydrogen (secondary N) is 1. The molecule has 2 heterocycles. The van der Waals surface area contributed by atoms with Crippen LogP contribution in [0.4, 0.5) is 5.95 Å². The lowest BCUT2D eigenvalue weighted by Gasteiger charge is -2.25. The highest BCUT2D eigenvalue weighted by molar-refractivity contribution is 5.80. The van der Waals surface area contributed by atoms with E-state index in [9.17, 15) is 4.79 Å². The normalized spacial score (nSPS) is 18.3. The molecule has 0 spiro atoms. The summed E-state index contributed by atoms with van der Waals surface area (Å²) in [5, 5.41) is 0. The number of carbonyl (C=O) groups excluding carboxylic acids is 1. The Morgan fingerprint density at radius 2 is 2.17 bits per heavy atom. The van der Waals surface area contributed by atoms with Crippen LogP contribution in [0.1, 0.15) is 12.8 Å². The van der Waals surface area contributed by atoms with E-state index in [1.165, 1.54) is 0 Å². The van der Waals surface area contributed by atoms with E-state index in [-0.39, 0.29) is 0 Å². The largest absolute Gasteiger partial charge is 0.342 e. The minimum Gasteiger partial charge on any atom is -0.342 e. The number of hydrogen-bond donors (Lipinski definition) is 1. The Labute approximate surface area is 70.6 Å². The minimum atomic E-state index is 0.359. The summed E-state index contributed by atoms with van der Waals surface area (Å²) >= 11 is 0. The van der Waals surface area contributed by atoms with Gasteiger partial charge in [-0.25, -0.2) is 4.98 Å². The second-order valence-electron chi connectivity index (χ2n) is 2.94. The Kier molecular flexibility index (Phi) is 1.81. The number of imidazole rings is 1. The van der Waals surface area contributed by atoms with E-state index in [0.717, 1.165) is 19.0 Å². The number of nitrogens with zero attached hydrogens (tertiary/aromatic N) is 2. The number of rotatable bonds is 1. The highest BCUT2D eigenvalue weighted by Crippen LogP contribution is 2.12. The van der Waals surface area contributed by atoms with Gasteiger partial charge in [0.25, 0.3) is 0 Å². The van der Waals surface area contributed by atoms with Crippen LogP contribution in [-0.4, -0.2) is 28.8 Å². The van der Waals surface area contributed by atoms with E-state index in [0.29, 0.717) is 18.6 Å². The van der Waals surface area contributed by atoms with Gasteiger partial charge in [-0.2, -0.15) is 0 Å². The zero-order chi connectivity index (χ0) is 8.39. The van der Waals surface area contributed by atoms with E-state index in [1.807, 2.05) is 0 Å². The van der Waals surface area contributed by atoms with Crippen LogP contribution in [0.5, 0.6) is 0 Å². The van der Waals surface area contributed by atoms with Crippen molar-refractivity contribution in [2.45, 2.75) is 12.8 Å². The van der Waals surface area contributed by atoms with Crippen LogP contribution in [0.15, 0.2) is 12.4 Å². The van der Waals surface area contributed by atoms with Crippen molar-refractivity contribution in [3.63, 3.8) is 0 Å². The highest BCUT2D eigenvalue weighted by Gasteiger charge is 2.17. The van der Waals surface area contributed by atoms with Crippen LogP contribution < -0.4 is 4.90 Å². The monoisotopic (exact) mass is 165 g/mol. The van der Waals surface area contributed by atoms with Gasteiger partial charge in [-0.1, -0.05) is 0 Å². The second kappa shape index (κ2) is 2.97. The van der Waals surface area contributed by atoms with Crippen molar-refractivity contribution in [2.75, 3.05) is 18.0 Å². The first-order chi connectivity index (χ1) is 5.86. The maximum atomic E-state index is 10.9. The van der Waals surface area contributed by atoms with Gasteiger partial charge in [0.2, 0.25) is 5.95 Å². The van der Waals surface area contributed by atoms with Gasteiger partial charge in [0.15, 0.2) is 0 Å². The van der Waals surface area contributed by atoms with Crippen LogP contribution >= 0.6 is 0 Å². The Hall–Kier alpha value is -1.32. The summed E-state index contributed by atoms with van der Waals surface area (Å²) in [6, 6.07) is 0. The molecule has 4 heteroatoms. The predicted molar refractivity (Wildman–Crippen MR) is 45.0 cm³/mol. The van der Waals surface area contributed by atoms with Crippen molar-refractivity contribution >= 4 is 11.7 Å². The lowest BCUT2D eigenvalue weighted by Crippen LogP contribution is -2.34. The lowest BCUT2D eigenvalue weighted by atomic mass is 10.1. The van der Waals surface area contributed by atoms with Gasteiger partial charge >= 0.3 is 0 Å². The van der Waals surface area contributed by atoms with Gasteiger partial charge in [0.1, 0.15) is 5.78 Å². The number of Topliss-reactive ketones (excluding diaryl/α,β-unsaturated/α-hetero) is 1. The first kappa shape index (κ1) is 7.34. The fraction of sp³-hybridized carbons (Fsp3) is 0.500. The van der Waals surface area contributed by atoms with Crippen molar-refractivity contribution in [3.8, 4) is 0 Å². The summed E-state index contributed by atoms with van der Waals surface area (Å²) in [7, 11) is 0. The summed E-state index contributed by atoms with van der Waals surface area (Å²) in [6.45, 7) is 1.60. The lowest BCUT2D eigenvalue weighted by molar-refractivity contribution is -0.119. The van der Waals surface area contributed by atoms with E-state index in [4.69, 9.17) is 0 Å². The topological polar surface area (TPSA) is 49.0 Å². The molecule has 4 nitrogen and oxygen atoms in total. The van der Waals surface area contributed by atoms with E-state index < -0.39 is 0 Å². The quantitative estimate of drug-likeness (QED) is 0.662. The van der Waals surface area contributed by atoms with Gasteiger partial charge in [0, 0.05) is 38.3 Å². The summed E-state index contributed by atoms with van der Waals surface area (Å²) in [6.07, 6.45) is 4.83. The van der Waals surface area contributed by atoms with Crippen LogP contribution in [-0.2, 0) is 4.79 Å². The van der Waals surface area contributed by atoms with Gasteiger partial charge < -0.3 is 9.88 Å². The molecule has 2 rings (SSSR count). The second-order valence-corrected chi connectivity index (χ2v) is 2.94. The molecule has 1 aromatic heterocycles. The zero-order valence-corrected chi connectivity index (χ0v) is 6.79. The molecule has 1 aliphatic heterocycles. The maximum Gasteiger partial charge on any atom is 0.202 e. The average molecular weight is 165 g/mol. The third kappa shape index (κ3) is 1.32. The number of ketones is 1. The molecule has 1 fully saturated rings. The van der Waals surface area contributed by atoms with E-state index in [1.54, 1.807) is 12.4 Å². The molecule has 64 valence electrons. The third-order valence-corrected chi connectivity index (χ3v) is 2.10. The van der Waals surface area contributed by atoms with E-state index >= 15 is 0 Å². The van der Waals surface area contributed by atoms with Crippen LogP contribution in [0.3, 0.4) is 0 Å². The third-order valence-electron chi connectivity index (χ3n) is 2.10. The van der Waals surface area contributed by atoms with Crippen molar-refractivity contribution in [2.24, 2.45) is 0 Å². The molecule has 0 aliphatic carbocycles. The van der Waals surface area contributed by atoms with Gasteiger partial charge in [-0.05, 0) is 0 Å². The molecule has 12 heavy (non-hydrogen) atoms. The Morgan fingerprint density at radius 1 is 1.42 bits per heavy atom. The van der Waals surface area contributed by atoms with Gasteiger partial charge in [-0.15, -0.1) is 0 Å². The molecule has 0 saturated carbocycles. The summed E-state index contributed by atoms with van der Waals surface area (Å²) in [4.78, 5) is 20.2. The number of carbonyl (C=O) groups is 1. The molecule has 0 atom stereocenters. The number of hydrogen-bond acceptors (Lipinski definition) is 3. The molecule has 0 unspecified atom stereocenters. The summed E-state index contributed by atoms with van der Waals surface area (Å²) in [5.74, 6) is 1.24. The van der Waals surface area contributed by atoms with Crippen LogP contribution in [0.25, 0.3) is 0 Å². The molecule has 1 aromatic rings. The Morgan fingerprint density at radius 3 is 2.75 bits per heavy atom. The minimum absolute atomic E-state index is 0.359. The Bertz CT molecular complexity index is 258. The average Bonchev–Trinajstić information content (AvgIpc) is 2.58. The molecule has 0 bridgehead atoms. The maximum absolute atomic E-state index is 10.9. The van der Waals surface area contributed by atoms with E-state index in [2.05, 4.69) is 14.9 Å². The van der Waals surface area contributed by atoms with Crippen LogP contribution in [0, 0.1) is 0 Å².